The lowest BCUT2D eigenvalue weighted by Crippen LogP contribution is -2.45. The Morgan fingerprint density at radius 2 is 1.93 bits per heavy atom. The van der Waals surface area contributed by atoms with Crippen molar-refractivity contribution in [2.24, 2.45) is 0 Å². The van der Waals surface area contributed by atoms with Gasteiger partial charge in [-0.05, 0) is 53.0 Å². The van der Waals surface area contributed by atoms with Crippen LogP contribution in [0.15, 0.2) is 59.4 Å². The molecule has 1 heterocycles. The Hall–Kier alpha value is -2.88. The van der Waals surface area contributed by atoms with E-state index in [0.717, 1.165) is 6.07 Å². The van der Waals surface area contributed by atoms with Crippen molar-refractivity contribution >= 4 is 27.9 Å². The van der Waals surface area contributed by atoms with Crippen molar-refractivity contribution in [3.8, 4) is 0 Å². The zero-order valence-corrected chi connectivity index (χ0v) is 17.5. The van der Waals surface area contributed by atoms with Gasteiger partial charge in [-0.2, -0.15) is 13.2 Å². The van der Waals surface area contributed by atoms with Gasteiger partial charge in [-0.3, -0.25) is 4.79 Å². The monoisotopic (exact) mass is 485 g/mol. The van der Waals surface area contributed by atoms with Crippen LogP contribution in [0.1, 0.15) is 28.5 Å². The van der Waals surface area contributed by atoms with Crippen molar-refractivity contribution in [1.82, 2.24) is 15.6 Å². The summed E-state index contributed by atoms with van der Waals surface area (Å²) in [4.78, 5) is 28.2. The number of hydrogen-bond acceptors (Lipinski definition) is 4. The van der Waals surface area contributed by atoms with Gasteiger partial charge in [-0.1, -0.05) is 24.8 Å². The van der Waals surface area contributed by atoms with Crippen LogP contribution in [0.5, 0.6) is 0 Å². The van der Waals surface area contributed by atoms with Crippen molar-refractivity contribution in [1.29, 1.82) is 0 Å². The maximum Gasteiger partial charge on any atom is 0.416 e. The number of aromatic nitrogens is 1. The van der Waals surface area contributed by atoms with Gasteiger partial charge in [-0.25, -0.2) is 9.78 Å². The van der Waals surface area contributed by atoms with Crippen molar-refractivity contribution in [2.45, 2.75) is 25.6 Å². The van der Waals surface area contributed by atoms with Crippen LogP contribution in [0.3, 0.4) is 0 Å². The quantitative estimate of drug-likeness (QED) is 0.567. The minimum atomic E-state index is -4.55. The van der Waals surface area contributed by atoms with E-state index < -0.39 is 29.8 Å². The van der Waals surface area contributed by atoms with E-state index in [1.54, 1.807) is 6.07 Å². The molecule has 2 aromatic rings. The SMILES string of the molecule is C=C(C)OC(=O)NC[C@H](Cc1ccccc1C(F)(F)F)NC(=O)c1ccc(Br)cn1. The molecular formula is C20H19BrF3N3O3. The first-order chi connectivity index (χ1) is 14.1. The van der Waals surface area contributed by atoms with Crippen LogP contribution in [0.2, 0.25) is 0 Å². The highest BCUT2D eigenvalue weighted by atomic mass is 79.9. The largest absolute Gasteiger partial charge is 0.416 e. The Bertz CT molecular complexity index is 918. The van der Waals surface area contributed by atoms with E-state index in [4.69, 9.17) is 4.74 Å². The summed E-state index contributed by atoms with van der Waals surface area (Å²) in [5.41, 5.74) is -0.749. The number of amides is 2. The van der Waals surface area contributed by atoms with E-state index in [1.807, 2.05) is 0 Å². The van der Waals surface area contributed by atoms with Crippen molar-refractivity contribution in [3.05, 3.63) is 76.2 Å². The molecule has 2 N–H and O–H groups in total. The van der Waals surface area contributed by atoms with E-state index in [-0.39, 0.29) is 30.0 Å². The number of benzene rings is 1. The van der Waals surface area contributed by atoms with E-state index in [9.17, 15) is 22.8 Å². The maximum atomic E-state index is 13.3. The van der Waals surface area contributed by atoms with Crippen molar-refractivity contribution in [2.75, 3.05) is 6.54 Å². The van der Waals surface area contributed by atoms with Crippen LogP contribution in [-0.2, 0) is 17.3 Å². The molecular weight excluding hydrogens is 467 g/mol. The minimum Gasteiger partial charge on any atom is -0.416 e. The summed E-state index contributed by atoms with van der Waals surface area (Å²) in [6.07, 6.45) is -4.13. The molecule has 0 fully saturated rings. The summed E-state index contributed by atoms with van der Waals surface area (Å²) >= 11 is 3.21. The van der Waals surface area contributed by atoms with Gasteiger partial charge in [0.2, 0.25) is 0 Å². The predicted octanol–water partition coefficient (Wildman–Crippen LogP) is 4.46. The Balaban J connectivity index is 2.21. The lowest BCUT2D eigenvalue weighted by molar-refractivity contribution is -0.138. The standard InChI is InChI=1S/C20H19BrF3N3O3/c1-12(2)30-19(29)26-11-15(27-18(28)17-8-7-14(21)10-25-17)9-13-5-3-4-6-16(13)20(22,23)24/h3-8,10,15H,1,9,11H2,2H3,(H,26,29)(H,27,28)/t15-/m0/s1. The normalized spacial score (nSPS) is 12.0. The summed E-state index contributed by atoms with van der Waals surface area (Å²) in [6.45, 7) is 4.74. The van der Waals surface area contributed by atoms with Gasteiger partial charge in [0.25, 0.3) is 5.91 Å². The van der Waals surface area contributed by atoms with Crippen LogP contribution >= 0.6 is 15.9 Å². The maximum absolute atomic E-state index is 13.3. The molecule has 0 aliphatic heterocycles. The van der Waals surface area contributed by atoms with E-state index >= 15 is 0 Å². The molecule has 160 valence electrons. The van der Waals surface area contributed by atoms with Gasteiger partial charge < -0.3 is 15.4 Å². The van der Waals surface area contributed by atoms with Crippen LogP contribution < -0.4 is 10.6 Å². The number of nitrogens with zero attached hydrogens (tertiary/aromatic N) is 1. The van der Waals surface area contributed by atoms with Crippen molar-refractivity contribution in [3.63, 3.8) is 0 Å². The number of rotatable bonds is 7. The second-order valence-corrected chi connectivity index (χ2v) is 7.28. The second-order valence-electron chi connectivity index (χ2n) is 6.36. The fourth-order valence-electron chi connectivity index (χ4n) is 2.58. The minimum absolute atomic E-state index is 0.0193. The third-order valence-corrected chi connectivity index (χ3v) is 4.31. The Morgan fingerprint density at radius 1 is 1.23 bits per heavy atom. The van der Waals surface area contributed by atoms with Gasteiger partial charge in [0.15, 0.2) is 0 Å². The van der Waals surface area contributed by atoms with Crippen LogP contribution in [0, 0.1) is 0 Å². The highest BCUT2D eigenvalue weighted by Gasteiger charge is 2.33. The number of nitrogens with one attached hydrogen (secondary N) is 2. The average Bonchev–Trinajstić information content (AvgIpc) is 2.65. The molecule has 2 rings (SSSR count). The Kier molecular flexibility index (Phi) is 7.99. The summed E-state index contributed by atoms with van der Waals surface area (Å²) in [5.74, 6) is -0.443. The lowest BCUT2D eigenvalue weighted by Gasteiger charge is -2.21. The molecule has 0 saturated heterocycles. The van der Waals surface area contributed by atoms with Gasteiger partial charge in [0.05, 0.1) is 17.4 Å². The number of alkyl halides is 3. The summed E-state index contributed by atoms with van der Waals surface area (Å²) in [5, 5.41) is 5.02. The first-order valence-electron chi connectivity index (χ1n) is 8.75. The zero-order valence-electron chi connectivity index (χ0n) is 15.9. The number of halogens is 4. The average molecular weight is 486 g/mol. The Morgan fingerprint density at radius 3 is 2.53 bits per heavy atom. The Labute approximate surface area is 179 Å². The number of ether oxygens (including phenoxy) is 1. The molecule has 2 amide bonds. The number of alkyl carbamates (subject to hydrolysis) is 1. The lowest BCUT2D eigenvalue weighted by atomic mass is 9.99. The number of carbonyl (C=O) groups excluding carboxylic acids is 2. The number of hydrogen-bond donors (Lipinski definition) is 2. The number of carbonyl (C=O) groups is 2. The number of pyridine rings is 1. The molecule has 0 spiro atoms. The molecule has 0 unspecified atom stereocenters. The molecule has 1 atom stereocenters. The van der Waals surface area contributed by atoms with Crippen molar-refractivity contribution < 1.29 is 27.5 Å². The van der Waals surface area contributed by atoms with Crippen LogP contribution in [-0.4, -0.2) is 29.6 Å². The van der Waals surface area contributed by atoms with E-state index in [1.165, 1.54) is 37.4 Å². The molecule has 0 aliphatic carbocycles. The second kappa shape index (κ2) is 10.2. The first-order valence-corrected chi connectivity index (χ1v) is 9.54. The molecule has 30 heavy (non-hydrogen) atoms. The third-order valence-electron chi connectivity index (χ3n) is 3.84. The molecule has 1 aromatic carbocycles. The molecule has 0 saturated carbocycles. The molecule has 6 nitrogen and oxygen atoms in total. The van der Waals surface area contributed by atoms with Gasteiger partial charge in [-0.15, -0.1) is 0 Å². The smallest absolute Gasteiger partial charge is 0.416 e. The fraction of sp³-hybridized carbons (Fsp3) is 0.250. The van der Waals surface area contributed by atoms with Gasteiger partial charge >= 0.3 is 12.3 Å². The fourth-order valence-corrected chi connectivity index (χ4v) is 2.82. The van der Waals surface area contributed by atoms with E-state index in [0.29, 0.717) is 4.47 Å². The highest BCUT2D eigenvalue weighted by molar-refractivity contribution is 9.10. The molecule has 0 radical (unpaired) electrons. The first kappa shape index (κ1) is 23.4. The highest BCUT2D eigenvalue weighted by Crippen LogP contribution is 2.32. The molecule has 0 aliphatic rings. The van der Waals surface area contributed by atoms with Crippen LogP contribution in [0.4, 0.5) is 18.0 Å². The molecule has 0 bridgehead atoms. The van der Waals surface area contributed by atoms with E-state index in [2.05, 4.69) is 38.1 Å². The molecule has 1 aromatic heterocycles. The summed E-state index contributed by atoms with van der Waals surface area (Å²) < 4.78 is 45.4. The molecule has 10 heteroatoms. The third kappa shape index (κ3) is 7.18. The topological polar surface area (TPSA) is 80.3 Å². The van der Waals surface area contributed by atoms with Gasteiger partial charge in [0, 0.05) is 17.2 Å². The summed E-state index contributed by atoms with van der Waals surface area (Å²) in [6, 6.07) is 7.26. The summed E-state index contributed by atoms with van der Waals surface area (Å²) in [7, 11) is 0. The van der Waals surface area contributed by atoms with Gasteiger partial charge in [0.1, 0.15) is 5.69 Å². The zero-order chi connectivity index (χ0) is 22.3. The van der Waals surface area contributed by atoms with Crippen LogP contribution in [0.25, 0.3) is 0 Å². The predicted molar refractivity (Wildman–Crippen MR) is 108 cm³/mol. The number of allylic oxidation sites excluding steroid dienone is 1.